The minimum Gasteiger partial charge on any atom is -0.392 e. The van der Waals surface area contributed by atoms with Crippen molar-refractivity contribution in [3.8, 4) is 0 Å². The van der Waals surface area contributed by atoms with Crippen molar-refractivity contribution in [3.63, 3.8) is 0 Å². The van der Waals surface area contributed by atoms with Crippen LogP contribution < -0.4 is 0 Å². The van der Waals surface area contributed by atoms with E-state index in [0.717, 1.165) is 0 Å². The van der Waals surface area contributed by atoms with Crippen LogP contribution in [0.1, 0.15) is 31.2 Å². The van der Waals surface area contributed by atoms with Crippen molar-refractivity contribution in [1.82, 2.24) is 0 Å². The van der Waals surface area contributed by atoms with Crippen molar-refractivity contribution in [1.29, 1.82) is 0 Å². The third kappa shape index (κ3) is 4.42. The van der Waals surface area contributed by atoms with Gasteiger partial charge in [0.2, 0.25) is 0 Å². The van der Waals surface area contributed by atoms with Gasteiger partial charge in [0.05, 0.1) is 12.0 Å². The molecular weight excluding hydrogens is 352 g/mol. The molecule has 1 nitrogen and oxygen atoms in total. The summed E-state index contributed by atoms with van der Waals surface area (Å²) in [7, 11) is 0. The van der Waals surface area contributed by atoms with Crippen molar-refractivity contribution < 1.29 is 22.7 Å². The van der Waals surface area contributed by atoms with E-state index in [-0.39, 0.29) is 25.2 Å². The first-order chi connectivity index (χ1) is 9.77. The molecule has 1 atom stereocenters. The molecule has 118 valence electrons. The number of aliphatic hydroxyl groups excluding tert-OH is 1. The topological polar surface area (TPSA) is 20.2 Å². The molecule has 1 N–H and O–H groups in total. The molecule has 1 aliphatic carbocycles. The molecule has 0 bridgehead atoms. The highest BCUT2D eigenvalue weighted by Gasteiger charge is 2.42. The van der Waals surface area contributed by atoms with Gasteiger partial charge in [-0.2, -0.15) is 13.2 Å². The third-order valence-corrected chi connectivity index (χ3v) is 4.71. The van der Waals surface area contributed by atoms with Gasteiger partial charge >= 0.3 is 6.18 Å². The van der Waals surface area contributed by atoms with Crippen LogP contribution >= 0.6 is 15.9 Å². The number of hydrogen-bond donors (Lipinski definition) is 1. The Morgan fingerprint density at radius 3 is 2.38 bits per heavy atom. The second kappa shape index (κ2) is 6.65. The molecule has 0 aromatic heterocycles. The zero-order chi connectivity index (χ0) is 15.6. The SMILES string of the molecule is OC(Cc1cc(Br)ccc1F)C1CCC(C(F)(F)F)CC1. The molecule has 1 unspecified atom stereocenters. The minimum atomic E-state index is -4.15. The molecule has 2 rings (SSSR count). The van der Waals surface area contributed by atoms with Crippen LogP contribution in [0.2, 0.25) is 0 Å². The van der Waals surface area contributed by atoms with E-state index in [0.29, 0.717) is 22.9 Å². The lowest BCUT2D eigenvalue weighted by molar-refractivity contribution is -0.185. The van der Waals surface area contributed by atoms with Crippen LogP contribution in [0.3, 0.4) is 0 Å². The van der Waals surface area contributed by atoms with Gasteiger partial charge in [0, 0.05) is 10.9 Å². The van der Waals surface area contributed by atoms with E-state index in [1.54, 1.807) is 12.1 Å². The van der Waals surface area contributed by atoms with Crippen LogP contribution in [0.25, 0.3) is 0 Å². The Bertz CT molecular complexity index is 481. The first kappa shape index (κ1) is 16.7. The fraction of sp³-hybridized carbons (Fsp3) is 0.600. The molecule has 0 heterocycles. The number of halogens is 5. The predicted octanol–water partition coefficient (Wildman–Crippen LogP) is 4.86. The second-order valence-electron chi connectivity index (χ2n) is 5.66. The molecule has 0 amide bonds. The molecular formula is C15H17BrF4O. The molecule has 0 radical (unpaired) electrons. The average molecular weight is 369 g/mol. The number of aliphatic hydroxyl groups is 1. The second-order valence-corrected chi connectivity index (χ2v) is 6.58. The summed E-state index contributed by atoms with van der Waals surface area (Å²) in [4.78, 5) is 0. The smallest absolute Gasteiger partial charge is 0.391 e. The van der Waals surface area contributed by atoms with Crippen molar-refractivity contribution in [3.05, 3.63) is 34.1 Å². The lowest BCUT2D eigenvalue weighted by Gasteiger charge is -2.32. The van der Waals surface area contributed by atoms with Gasteiger partial charge in [-0.3, -0.25) is 0 Å². The molecule has 1 fully saturated rings. The zero-order valence-corrected chi connectivity index (χ0v) is 12.9. The van der Waals surface area contributed by atoms with E-state index in [1.165, 1.54) is 6.07 Å². The lowest BCUT2D eigenvalue weighted by atomic mass is 9.78. The van der Waals surface area contributed by atoms with E-state index in [2.05, 4.69) is 15.9 Å². The fourth-order valence-corrected chi connectivity index (χ4v) is 3.33. The number of alkyl halides is 3. The van der Waals surface area contributed by atoms with Crippen molar-refractivity contribution in [2.45, 2.75) is 44.4 Å². The Kier molecular flexibility index (Phi) is 5.30. The molecule has 0 saturated heterocycles. The molecule has 0 spiro atoms. The van der Waals surface area contributed by atoms with Crippen LogP contribution in [0, 0.1) is 17.7 Å². The summed E-state index contributed by atoms with van der Waals surface area (Å²) in [5.74, 6) is -1.85. The van der Waals surface area contributed by atoms with Gasteiger partial charge in [0.25, 0.3) is 0 Å². The largest absolute Gasteiger partial charge is 0.392 e. The minimum absolute atomic E-state index is 0.0478. The maximum atomic E-state index is 13.6. The third-order valence-electron chi connectivity index (χ3n) is 4.22. The van der Waals surface area contributed by atoms with E-state index in [1.807, 2.05) is 0 Å². The maximum absolute atomic E-state index is 13.6. The maximum Gasteiger partial charge on any atom is 0.391 e. The molecule has 0 aliphatic heterocycles. The van der Waals surface area contributed by atoms with Crippen molar-refractivity contribution >= 4 is 15.9 Å². The summed E-state index contributed by atoms with van der Waals surface area (Å²) in [6, 6.07) is 4.48. The highest BCUT2D eigenvalue weighted by molar-refractivity contribution is 9.10. The van der Waals surface area contributed by atoms with E-state index in [4.69, 9.17) is 0 Å². The quantitative estimate of drug-likeness (QED) is 0.755. The monoisotopic (exact) mass is 368 g/mol. The first-order valence-electron chi connectivity index (χ1n) is 6.96. The number of benzene rings is 1. The molecule has 21 heavy (non-hydrogen) atoms. The van der Waals surface area contributed by atoms with Crippen molar-refractivity contribution in [2.24, 2.45) is 11.8 Å². The van der Waals surface area contributed by atoms with Crippen LogP contribution in [-0.2, 0) is 6.42 Å². The highest BCUT2D eigenvalue weighted by atomic mass is 79.9. The summed E-state index contributed by atoms with van der Waals surface area (Å²) in [6.45, 7) is 0. The summed E-state index contributed by atoms with van der Waals surface area (Å²) in [5.41, 5.74) is 0.384. The molecule has 1 aromatic carbocycles. The zero-order valence-electron chi connectivity index (χ0n) is 11.3. The summed E-state index contributed by atoms with van der Waals surface area (Å²) in [6.07, 6.45) is -4.05. The normalized spacial score (nSPS) is 24.9. The summed E-state index contributed by atoms with van der Waals surface area (Å²) < 4.78 is 52.1. The predicted molar refractivity (Wildman–Crippen MR) is 75.3 cm³/mol. The summed E-state index contributed by atoms with van der Waals surface area (Å²) in [5, 5.41) is 10.2. The van der Waals surface area contributed by atoms with E-state index in [9.17, 15) is 22.7 Å². The van der Waals surface area contributed by atoms with Crippen LogP contribution in [0.15, 0.2) is 22.7 Å². The van der Waals surface area contributed by atoms with Gasteiger partial charge in [0.15, 0.2) is 0 Å². The van der Waals surface area contributed by atoms with Gasteiger partial charge in [-0.25, -0.2) is 4.39 Å². The first-order valence-corrected chi connectivity index (χ1v) is 7.75. The van der Waals surface area contributed by atoms with Crippen molar-refractivity contribution in [2.75, 3.05) is 0 Å². The average Bonchev–Trinajstić information content (AvgIpc) is 2.42. The van der Waals surface area contributed by atoms with Gasteiger partial charge < -0.3 is 5.11 Å². The Hall–Kier alpha value is -0.620. The molecule has 1 aliphatic rings. The Labute approximate surface area is 129 Å². The lowest BCUT2D eigenvalue weighted by Crippen LogP contribution is -2.33. The molecule has 6 heteroatoms. The number of hydrogen-bond acceptors (Lipinski definition) is 1. The van der Waals surface area contributed by atoms with E-state index >= 15 is 0 Å². The Morgan fingerprint density at radius 2 is 1.81 bits per heavy atom. The van der Waals surface area contributed by atoms with Crippen LogP contribution in [0.4, 0.5) is 17.6 Å². The molecule has 1 saturated carbocycles. The van der Waals surface area contributed by atoms with Gasteiger partial charge in [-0.05, 0) is 55.4 Å². The van der Waals surface area contributed by atoms with E-state index < -0.39 is 24.0 Å². The molecule has 1 aromatic rings. The summed E-state index contributed by atoms with van der Waals surface area (Å²) >= 11 is 3.24. The number of rotatable bonds is 3. The Morgan fingerprint density at radius 1 is 1.19 bits per heavy atom. The van der Waals surface area contributed by atoms with Crippen LogP contribution in [0.5, 0.6) is 0 Å². The van der Waals surface area contributed by atoms with Crippen LogP contribution in [-0.4, -0.2) is 17.4 Å². The Balaban J connectivity index is 1.93. The van der Waals surface area contributed by atoms with Gasteiger partial charge in [0.1, 0.15) is 5.82 Å². The fourth-order valence-electron chi connectivity index (χ4n) is 2.92. The standard InChI is InChI=1S/C15H17BrF4O/c16-12-5-6-13(17)10(7-12)8-14(21)9-1-3-11(4-2-9)15(18,19)20/h5-7,9,11,14,21H,1-4,8H2. The van der Waals surface area contributed by atoms with Gasteiger partial charge in [-0.1, -0.05) is 15.9 Å². The highest BCUT2D eigenvalue weighted by Crippen LogP contribution is 2.40. The van der Waals surface area contributed by atoms with Gasteiger partial charge in [-0.15, -0.1) is 0 Å².